The van der Waals surface area contributed by atoms with Crippen LogP contribution < -0.4 is 4.74 Å². The Balaban J connectivity index is 1.24. The van der Waals surface area contributed by atoms with Crippen LogP contribution in [0.5, 0.6) is 11.5 Å². The smallest absolute Gasteiger partial charge is 0.160 e. The fourth-order valence-corrected chi connectivity index (χ4v) is 8.24. The summed E-state index contributed by atoms with van der Waals surface area (Å²) in [6.07, 6.45) is 0. The van der Waals surface area contributed by atoms with Gasteiger partial charge >= 0.3 is 0 Å². The monoisotopic (exact) mass is 663 g/mol. The van der Waals surface area contributed by atoms with E-state index in [9.17, 15) is 5.26 Å². The van der Waals surface area contributed by atoms with Gasteiger partial charge in [0.2, 0.25) is 0 Å². The van der Waals surface area contributed by atoms with Crippen molar-refractivity contribution < 1.29 is 4.74 Å². The first-order valence-electron chi connectivity index (χ1n) is 17.4. The van der Waals surface area contributed by atoms with Crippen molar-refractivity contribution in [3.63, 3.8) is 0 Å². The third kappa shape index (κ3) is 4.40. The Labute approximate surface area is 301 Å². The van der Waals surface area contributed by atoms with Gasteiger partial charge in [0.15, 0.2) is 5.82 Å². The zero-order valence-electron chi connectivity index (χ0n) is 28.0. The Hall–Kier alpha value is -7.09. The molecule has 52 heavy (non-hydrogen) atoms. The summed E-state index contributed by atoms with van der Waals surface area (Å²) in [4.78, 5) is 10.5. The fraction of sp³-hybridized carbons (Fsp3) is 0.0208. The Kier molecular flexibility index (Phi) is 6.74. The van der Waals surface area contributed by atoms with Crippen molar-refractivity contribution in [3.8, 4) is 73.7 Å². The van der Waals surface area contributed by atoms with Gasteiger partial charge in [-0.15, -0.1) is 0 Å². The molecule has 1 spiro atoms. The first-order valence-corrected chi connectivity index (χ1v) is 17.4. The summed E-state index contributed by atoms with van der Waals surface area (Å²) < 4.78 is 6.56. The highest BCUT2D eigenvalue weighted by Gasteiger charge is 2.51. The third-order valence-corrected chi connectivity index (χ3v) is 10.4. The van der Waals surface area contributed by atoms with Crippen molar-refractivity contribution in [2.75, 3.05) is 0 Å². The molecule has 2 heterocycles. The van der Waals surface area contributed by atoms with Crippen LogP contribution in [-0.2, 0) is 5.41 Å². The molecule has 0 amide bonds. The molecule has 1 aliphatic carbocycles. The van der Waals surface area contributed by atoms with E-state index in [4.69, 9.17) is 14.7 Å². The zero-order valence-corrected chi connectivity index (χ0v) is 28.0. The molecule has 0 saturated heterocycles. The van der Waals surface area contributed by atoms with Crippen LogP contribution >= 0.6 is 0 Å². The maximum atomic E-state index is 9.86. The van der Waals surface area contributed by atoms with Gasteiger partial charge in [-0.2, -0.15) is 5.26 Å². The lowest BCUT2D eigenvalue weighted by Crippen LogP contribution is -2.32. The number of ether oxygens (including phenoxy) is 1. The molecule has 0 N–H and O–H groups in total. The summed E-state index contributed by atoms with van der Waals surface area (Å²) in [5.74, 6) is 2.38. The van der Waals surface area contributed by atoms with Gasteiger partial charge in [-0.1, -0.05) is 146 Å². The van der Waals surface area contributed by atoms with Gasteiger partial charge < -0.3 is 4.74 Å². The Morgan fingerprint density at radius 3 is 1.77 bits per heavy atom. The van der Waals surface area contributed by atoms with Crippen LogP contribution in [0.4, 0.5) is 0 Å². The highest BCUT2D eigenvalue weighted by atomic mass is 16.5. The largest absolute Gasteiger partial charge is 0.457 e. The SMILES string of the molecule is N#Cc1ccccc1-c1cccc(-c2cc(-c3cccc4c3-c3ccccc3C43c4ccccc4Oc4ccccc43)nc(-c3ccccc3)n2)c1. The summed E-state index contributed by atoms with van der Waals surface area (Å²) in [6.45, 7) is 0. The molecular formula is C48H29N3O. The molecule has 0 bridgehead atoms. The molecule has 1 aliphatic heterocycles. The number of para-hydroxylation sites is 2. The number of aromatic nitrogens is 2. The van der Waals surface area contributed by atoms with Crippen LogP contribution in [0, 0.1) is 11.3 Å². The van der Waals surface area contributed by atoms with Gasteiger partial charge in [-0.3, -0.25) is 0 Å². The Morgan fingerprint density at radius 1 is 0.442 bits per heavy atom. The quantitative estimate of drug-likeness (QED) is 0.188. The highest BCUT2D eigenvalue weighted by molar-refractivity contribution is 5.96. The molecule has 0 unspecified atom stereocenters. The van der Waals surface area contributed by atoms with Crippen molar-refractivity contribution >= 4 is 0 Å². The number of nitrogens with zero attached hydrogens (tertiary/aromatic N) is 3. The third-order valence-electron chi connectivity index (χ3n) is 10.4. The molecule has 10 rings (SSSR count). The van der Waals surface area contributed by atoms with Crippen LogP contribution in [0.1, 0.15) is 27.8 Å². The van der Waals surface area contributed by atoms with E-state index in [1.54, 1.807) is 0 Å². The summed E-state index contributed by atoms with van der Waals surface area (Å²) >= 11 is 0. The van der Waals surface area contributed by atoms with E-state index >= 15 is 0 Å². The number of rotatable bonds is 4. The predicted molar refractivity (Wildman–Crippen MR) is 206 cm³/mol. The van der Waals surface area contributed by atoms with Gasteiger partial charge in [-0.25, -0.2) is 9.97 Å². The molecule has 7 aromatic carbocycles. The fourth-order valence-electron chi connectivity index (χ4n) is 8.24. The summed E-state index contributed by atoms with van der Waals surface area (Å²) in [7, 11) is 0. The number of nitriles is 1. The number of benzene rings is 7. The van der Waals surface area contributed by atoms with E-state index in [1.807, 2.05) is 66.7 Å². The second kappa shape index (κ2) is 11.8. The number of fused-ring (bicyclic) bond motifs is 9. The lowest BCUT2D eigenvalue weighted by molar-refractivity contribution is 0.436. The van der Waals surface area contributed by atoms with Crippen molar-refractivity contribution in [1.29, 1.82) is 5.26 Å². The molecule has 2 aliphatic rings. The van der Waals surface area contributed by atoms with E-state index in [0.717, 1.165) is 67.4 Å². The Morgan fingerprint density at radius 2 is 1.00 bits per heavy atom. The van der Waals surface area contributed by atoms with E-state index in [2.05, 4.69) is 115 Å². The molecule has 0 saturated carbocycles. The first kappa shape index (κ1) is 29.8. The molecule has 1 aromatic heterocycles. The van der Waals surface area contributed by atoms with E-state index in [1.165, 1.54) is 16.7 Å². The molecule has 0 fully saturated rings. The van der Waals surface area contributed by atoms with Crippen LogP contribution in [0.2, 0.25) is 0 Å². The summed E-state index contributed by atoms with van der Waals surface area (Å²) in [6, 6.07) is 62.8. The lowest BCUT2D eigenvalue weighted by atomic mass is 9.66. The van der Waals surface area contributed by atoms with Gasteiger partial charge in [0.05, 0.1) is 28.4 Å². The first-order chi connectivity index (χ1) is 25.7. The minimum Gasteiger partial charge on any atom is -0.457 e. The second-order valence-electron chi connectivity index (χ2n) is 13.2. The van der Waals surface area contributed by atoms with Crippen molar-refractivity contribution in [2.45, 2.75) is 5.41 Å². The second-order valence-corrected chi connectivity index (χ2v) is 13.2. The maximum Gasteiger partial charge on any atom is 0.160 e. The predicted octanol–water partition coefficient (Wildman–Crippen LogP) is 11.5. The standard InChI is InChI=1S/C48H29N3O/c49-30-34-16-4-5-19-35(34)32-17-12-18-33(28-32)42-29-43(51-47(50-42)31-14-2-1-3-15-31)37-21-13-25-41-46(37)36-20-6-7-22-38(36)48(41)39-23-8-10-26-44(39)52-45-27-11-9-24-40(45)48/h1-29H. The van der Waals surface area contributed by atoms with E-state index in [-0.39, 0.29) is 0 Å². The molecule has 0 atom stereocenters. The molecule has 0 radical (unpaired) electrons. The normalized spacial score (nSPS) is 12.9. The topological polar surface area (TPSA) is 58.8 Å². The van der Waals surface area contributed by atoms with Gasteiger partial charge in [0.25, 0.3) is 0 Å². The van der Waals surface area contributed by atoms with Crippen LogP contribution in [0.25, 0.3) is 56.2 Å². The molecular weight excluding hydrogens is 635 g/mol. The van der Waals surface area contributed by atoms with Gasteiger partial charge in [0, 0.05) is 27.8 Å². The average Bonchev–Trinajstić information content (AvgIpc) is 3.52. The lowest BCUT2D eigenvalue weighted by Gasteiger charge is -2.39. The maximum absolute atomic E-state index is 9.86. The van der Waals surface area contributed by atoms with Crippen LogP contribution in [0.3, 0.4) is 0 Å². The number of hydrogen-bond donors (Lipinski definition) is 0. The molecule has 4 heteroatoms. The van der Waals surface area contributed by atoms with Crippen molar-refractivity contribution in [2.24, 2.45) is 0 Å². The molecule has 242 valence electrons. The Bertz CT molecular complexity index is 2700. The van der Waals surface area contributed by atoms with Crippen molar-refractivity contribution in [1.82, 2.24) is 9.97 Å². The minimum absolute atomic E-state index is 0.575. The zero-order chi connectivity index (χ0) is 34.6. The van der Waals surface area contributed by atoms with Crippen LogP contribution in [-0.4, -0.2) is 9.97 Å². The van der Waals surface area contributed by atoms with Gasteiger partial charge in [-0.05, 0) is 63.7 Å². The summed E-state index contributed by atoms with van der Waals surface area (Å²) in [5, 5.41) is 9.86. The van der Waals surface area contributed by atoms with E-state index in [0.29, 0.717) is 11.4 Å². The highest BCUT2D eigenvalue weighted by Crippen LogP contribution is 2.63. The summed E-state index contributed by atoms with van der Waals surface area (Å²) in [5.41, 5.74) is 13.5. The van der Waals surface area contributed by atoms with E-state index < -0.39 is 5.41 Å². The van der Waals surface area contributed by atoms with Crippen LogP contribution in [0.15, 0.2) is 176 Å². The van der Waals surface area contributed by atoms with Crippen molar-refractivity contribution in [3.05, 3.63) is 204 Å². The minimum atomic E-state index is -0.575. The molecule has 8 aromatic rings. The van der Waals surface area contributed by atoms with Gasteiger partial charge in [0.1, 0.15) is 11.5 Å². The molecule has 4 nitrogen and oxygen atoms in total. The average molecular weight is 664 g/mol. The number of hydrogen-bond acceptors (Lipinski definition) is 4.